The fourth-order valence-electron chi connectivity index (χ4n) is 3.66. The van der Waals surface area contributed by atoms with Crippen LogP contribution >= 0.6 is 0 Å². The topological polar surface area (TPSA) is 27.7 Å². The fraction of sp³-hybridized carbons (Fsp3) is 0.0667. The number of hydrogen-bond acceptors (Lipinski definition) is 3. The molecule has 0 heterocycles. The van der Waals surface area contributed by atoms with Crippen LogP contribution in [-0.4, -0.2) is 0 Å². The molecule has 5 rings (SSSR count). The standard InChI is InChI=1S/C30H24O3/c1-4-10-23(11-5-1)21-31-27-17-18-28-25(20-27)16-19-29(33-26-14-8-3-9-15-26)30(28)32-22-24-12-6-2-7-13-24/h1-20H,21-22H2. The highest BCUT2D eigenvalue weighted by Gasteiger charge is 2.13. The summed E-state index contributed by atoms with van der Waals surface area (Å²) >= 11 is 0. The Morgan fingerprint density at radius 1 is 0.485 bits per heavy atom. The van der Waals surface area contributed by atoms with Gasteiger partial charge >= 0.3 is 0 Å². The highest BCUT2D eigenvalue weighted by atomic mass is 16.5. The first kappa shape index (κ1) is 20.7. The molecular formula is C30H24O3. The second-order valence-electron chi connectivity index (χ2n) is 7.74. The first-order valence-corrected chi connectivity index (χ1v) is 11.0. The van der Waals surface area contributed by atoms with Gasteiger partial charge in [0, 0.05) is 5.39 Å². The Balaban J connectivity index is 1.45. The van der Waals surface area contributed by atoms with Crippen LogP contribution in [-0.2, 0) is 13.2 Å². The van der Waals surface area contributed by atoms with E-state index in [2.05, 4.69) is 24.3 Å². The van der Waals surface area contributed by atoms with Crippen LogP contribution in [0.25, 0.3) is 10.8 Å². The molecule has 0 aliphatic rings. The third-order valence-corrected chi connectivity index (χ3v) is 5.35. The van der Waals surface area contributed by atoms with Gasteiger partial charge in [-0.25, -0.2) is 0 Å². The van der Waals surface area contributed by atoms with Crippen molar-refractivity contribution in [3.8, 4) is 23.0 Å². The first-order valence-electron chi connectivity index (χ1n) is 11.0. The Hall–Kier alpha value is -4.24. The van der Waals surface area contributed by atoms with Gasteiger partial charge in [-0.3, -0.25) is 0 Å². The third kappa shape index (κ3) is 5.16. The van der Waals surface area contributed by atoms with Crippen LogP contribution in [0.3, 0.4) is 0 Å². The summed E-state index contributed by atoms with van der Waals surface area (Å²) in [5.74, 6) is 2.98. The maximum absolute atomic E-state index is 6.31. The predicted octanol–water partition coefficient (Wildman–Crippen LogP) is 7.79. The highest BCUT2D eigenvalue weighted by molar-refractivity contribution is 5.92. The number of rotatable bonds is 8. The minimum absolute atomic E-state index is 0.456. The molecule has 0 fully saturated rings. The van der Waals surface area contributed by atoms with Gasteiger partial charge in [0.15, 0.2) is 11.5 Å². The molecule has 0 unspecified atom stereocenters. The van der Waals surface area contributed by atoms with E-state index < -0.39 is 0 Å². The lowest BCUT2D eigenvalue weighted by molar-refractivity contribution is 0.295. The van der Waals surface area contributed by atoms with E-state index in [-0.39, 0.29) is 0 Å². The molecule has 0 saturated heterocycles. The molecule has 5 aromatic carbocycles. The molecule has 0 radical (unpaired) electrons. The van der Waals surface area contributed by atoms with Gasteiger partial charge in [0.05, 0.1) is 0 Å². The predicted molar refractivity (Wildman–Crippen MR) is 132 cm³/mol. The van der Waals surface area contributed by atoms with E-state index in [1.165, 1.54) is 0 Å². The molecule has 0 spiro atoms. The molecule has 0 aromatic heterocycles. The van der Waals surface area contributed by atoms with E-state index in [0.29, 0.717) is 19.0 Å². The monoisotopic (exact) mass is 432 g/mol. The van der Waals surface area contributed by atoms with Crippen LogP contribution in [0.2, 0.25) is 0 Å². The van der Waals surface area contributed by atoms with Gasteiger partial charge < -0.3 is 14.2 Å². The summed E-state index contributed by atoms with van der Waals surface area (Å²) < 4.78 is 18.5. The summed E-state index contributed by atoms with van der Waals surface area (Å²) in [7, 11) is 0. The summed E-state index contributed by atoms with van der Waals surface area (Å²) in [5, 5.41) is 2.01. The second-order valence-corrected chi connectivity index (χ2v) is 7.74. The lowest BCUT2D eigenvalue weighted by Gasteiger charge is -2.16. The maximum Gasteiger partial charge on any atom is 0.170 e. The summed E-state index contributed by atoms with van der Waals surface area (Å²) in [6, 6.07) is 40.1. The van der Waals surface area contributed by atoms with Crippen molar-refractivity contribution in [3.63, 3.8) is 0 Å². The average molecular weight is 433 g/mol. The van der Waals surface area contributed by atoms with E-state index >= 15 is 0 Å². The molecule has 0 N–H and O–H groups in total. The quantitative estimate of drug-likeness (QED) is 0.250. The molecule has 3 nitrogen and oxygen atoms in total. The van der Waals surface area contributed by atoms with E-state index in [1.807, 2.05) is 97.1 Å². The molecule has 5 aromatic rings. The Morgan fingerprint density at radius 2 is 1.09 bits per heavy atom. The molecule has 0 atom stereocenters. The zero-order valence-electron chi connectivity index (χ0n) is 18.2. The number of para-hydroxylation sites is 1. The average Bonchev–Trinajstić information content (AvgIpc) is 2.88. The van der Waals surface area contributed by atoms with E-state index in [1.54, 1.807) is 0 Å². The number of fused-ring (bicyclic) bond motifs is 1. The molecule has 0 bridgehead atoms. The van der Waals surface area contributed by atoms with Crippen molar-refractivity contribution in [1.29, 1.82) is 0 Å². The van der Waals surface area contributed by atoms with Crippen LogP contribution in [0.4, 0.5) is 0 Å². The second kappa shape index (κ2) is 9.92. The molecule has 0 amide bonds. The third-order valence-electron chi connectivity index (χ3n) is 5.35. The Bertz CT molecular complexity index is 1320. The summed E-state index contributed by atoms with van der Waals surface area (Å²) in [4.78, 5) is 0. The zero-order chi connectivity index (χ0) is 22.3. The van der Waals surface area contributed by atoms with E-state index in [9.17, 15) is 0 Å². The van der Waals surface area contributed by atoms with Crippen LogP contribution in [0.15, 0.2) is 121 Å². The van der Waals surface area contributed by atoms with Crippen molar-refractivity contribution in [1.82, 2.24) is 0 Å². The van der Waals surface area contributed by atoms with Crippen molar-refractivity contribution in [2.75, 3.05) is 0 Å². The minimum Gasteiger partial charge on any atom is -0.489 e. The molecule has 33 heavy (non-hydrogen) atoms. The van der Waals surface area contributed by atoms with Gasteiger partial charge in [0.2, 0.25) is 0 Å². The summed E-state index contributed by atoms with van der Waals surface area (Å²) in [5.41, 5.74) is 2.24. The highest BCUT2D eigenvalue weighted by Crippen LogP contribution is 2.40. The molecule has 0 aliphatic carbocycles. The van der Waals surface area contributed by atoms with Gasteiger partial charge in [-0.15, -0.1) is 0 Å². The molecule has 162 valence electrons. The molecule has 0 saturated carbocycles. The largest absolute Gasteiger partial charge is 0.489 e. The fourth-order valence-corrected chi connectivity index (χ4v) is 3.66. The maximum atomic E-state index is 6.31. The van der Waals surface area contributed by atoms with Crippen molar-refractivity contribution < 1.29 is 14.2 Å². The first-order chi connectivity index (χ1) is 16.3. The van der Waals surface area contributed by atoms with Crippen LogP contribution in [0.1, 0.15) is 11.1 Å². The zero-order valence-corrected chi connectivity index (χ0v) is 18.2. The molecule has 0 aliphatic heterocycles. The molecule has 3 heteroatoms. The van der Waals surface area contributed by atoms with Gasteiger partial charge in [-0.1, -0.05) is 84.9 Å². The molecular weight excluding hydrogens is 408 g/mol. The van der Waals surface area contributed by atoms with Gasteiger partial charge in [0.25, 0.3) is 0 Å². The number of ether oxygens (including phenoxy) is 3. The summed E-state index contributed by atoms with van der Waals surface area (Å²) in [6.07, 6.45) is 0. The van der Waals surface area contributed by atoms with Crippen molar-refractivity contribution in [2.45, 2.75) is 13.2 Å². The lowest BCUT2D eigenvalue weighted by Crippen LogP contribution is -1.99. The van der Waals surface area contributed by atoms with Gasteiger partial charge in [-0.05, 0) is 52.9 Å². The normalized spacial score (nSPS) is 10.7. The van der Waals surface area contributed by atoms with Crippen LogP contribution in [0.5, 0.6) is 23.0 Å². The van der Waals surface area contributed by atoms with Crippen LogP contribution in [0, 0.1) is 0 Å². The van der Waals surface area contributed by atoms with E-state index in [0.717, 1.165) is 39.1 Å². The SMILES string of the molecule is c1ccc(COc2ccc3c(OCc4ccccc4)c(Oc4ccccc4)ccc3c2)cc1. The van der Waals surface area contributed by atoms with Gasteiger partial charge in [0.1, 0.15) is 24.7 Å². The van der Waals surface area contributed by atoms with Crippen molar-refractivity contribution in [2.24, 2.45) is 0 Å². The van der Waals surface area contributed by atoms with Crippen LogP contribution < -0.4 is 14.2 Å². The van der Waals surface area contributed by atoms with Crippen molar-refractivity contribution in [3.05, 3.63) is 132 Å². The Kier molecular flexibility index (Phi) is 6.21. The number of benzene rings is 5. The smallest absolute Gasteiger partial charge is 0.170 e. The van der Waals surface area contributed by atoms with Crippen molar-refractivity contribution >= 4 is 10.8 Å². The minimum atomic E-state index is 0.456. The Labute approximate surface area is 193 Å². The van der Waals surface area contributed by atoms with Gasteiger partial charge in [-0.2, -0.15) is 0 Å². The summed E-state index contributed by atoms with van der Waals surface area (Å²) in [6.45, 7) is 0.982. The lowest BCUT2D eigenvalue weighted by atomic mass is 10.1. The number of hydrogen-bond donors (Lipinski definition) is 0. The Morgan fingerprint density at radius 3 is 1.76 bits per heavy atom. The van der Waals surface area contributed by atoms with E-state index in [4.69, 9.17) is 14.2 Å².